The molecule has 3 rings (SSSR count). The first-order valence-electron chi connectivity index (χ1n) is 9.95. The molecule has 1 saturated carbocycles. The van der Waals surface area contributed by atoms with Gasteiger partial charge in [0.05, 0.1) is 12.8 Å². The Hall–Kier alpha value is -0.860. The van der Waals surface area contributed by atoms with E-state index in [-0.39, 0.29) is 12.7 Å². The van der Waals surface area contributed by atoms with Crippen molar-refractivity contribution < 1.29 is 22.1 Å². The first-order chi connectivity index (χ1) is 12.4. The number of likely N-dealkylation sites (tertiary alicyclic amines) is 1. The van der Waals surface area contributed by atoms with E-state index in [1.165, 1.54) is 58.0 Å². The Morgan fingerprint density at radius 3 is 2.46 bits per heavy atom. The van der Waals surface area contributed by atoms with Gasteiger partial charge in [-0.15, -0.1) is 0 Å². The third-order valence-electron chi connectivity index (χ3n) is 5.97. The van der Waals surface area contributed by atoms with Gasteiger partial charge in [-0.05, 0) is 51.1 Å². The predicted octanol–water partition coefficient (Wildman–Crippen LogP) is 2.22. The first kappa shape index (κ1) is 19.9. The fourth-order valence-electron chi connectivity index (χ4n) is 4.43. The SMILES string of the molecule is CS(=O)(=O)OCC1CN(CCC2CCN(C3CCCCC3)CC2)C(=O)O1. The maximum Gasteiger partial charge on any atom is 0.410 e. The van der Waals surface area contributed by atoms with Gasteiger partial charge in [0.25, 0.3) is 10.1 Å². The third kappa shape index (κ3) is 5.82. The number of hydrogen-bond donors (Lipinski definition) is 0. The lowest BCUT2D eigenvalue weighted by atomic mass is 9.89. The van der Waals surface area contributed by atoms with Crippen LogP contribution in [0.1, 0.15) is 51.4 Å². The highest BCUT2D eigenvalue weighted by Crippen LogP contribution is 2.28. The Morgan fingerprint density at radius 1 is 1.12 bits per heavy atom. The zero-order chi connectivity index (χ0) is 18.6. The standard InChI is InChI=1S/C18H32N2O5S/c1-26(22,23)24-14-17-13-20(18(21)25-17)12-9-15-7-10-19(11-8-15)16-5-3-2-4-6-16/h15-17H,2-14H2,1H3. The molecule has 0 aromatic heterocycles. The third-order valence-corrected chi connectivity index (χ3v) is 6.53. The minimum absolute atomic E-state index is 0.0964. The zero-order valence-corrected chi connectivity index (χ0v) is 16.6. The van der Waals surface area contributed by atoms with E-state index in [1.54, 1.807) is 4.90 Å². The van der Waals surface area contributed by atoms with Crippen molar-refractivity contribution in [2.75, 3.05) is 39.0 Å². The monoisotopic (exact) mass is 388 g/mol. The molecular weight excluding hydrogens is 356 g/mol. The lowest BCUT2D eigenvalue weighted by Crippen LogP contribution is -2.42. The summed E-state index contributed by atoms with van der Waals surface area (Å²) in [6, 6.07) is 0.800. The number of ether oxygens (including phenoxy) is 1. The van der Waals surface area contributed by atoms with Gasteiger partial charge >= 0.3 is 6.09 Å². The number of hydrogen-bond acceptors (Lipinski definition) is 6. The van der Waals surface area contributed by atoms with Gasteiger partial charge < -0.3 is 14.5 Å². The fourth-order valence-corrected chi connectivity index (χ4v) is 4.83. The van der Waals surface area contributed by atoms with Gasteiger partial charge in [0, 0.05) is 12.6 Å². The normalized spacial score (nSPS) is 27.0. The number of piperidine rings is 1. The summed E-state index contributed by atoms with van der Waals surface area (Å²) in [7, 11) is -3.51. The summed E-state index contributed by atoms with van der Waals surface area (Å²) in [6.07, 6.45) is 10.4. The van der Waals surface area contributed by atoms with Crippen molar-refractivity contribution >= 4 is 16.2 Å². The molecule has 0 N–H and O–H groups in total. The molecule has 150 valence electrons. The van der Waals surface area contributed by atoms with Gasteiger partial charge in [-0.25, -0.2) is 4.79 Å². The molecular formula is C18H32N2O5S. The van der Waals surface area contributed by atoms with Gasteiger partial charge in [0.15, 0.2) is 0 Å². The Labute approximate surface area is 157 Å². The van der Waals surface area contributed by atoms with E-state index in [0.717, 1.165) is 18.7 Å². The van der Waals surface area contributed by atoms with Crippen LogP contribution in [0.3, 0.4) is 0 Å². The van der Waals surface area contributed by atoms with Gasteiger partial charge in [-0.3, -0.25) is 4.18 Å². The number of nitrogens with zero attached hydrogens (tertiary/aromatic N) is 2. The molecule has 1 aliphatic carbocycles. The van der Waals surface area contributed by atoms with Crippen molar-refractivity contribution in [2.24, 2.45) is 5.92 Å². The summed E-state index contributed by atoms with van der Waals surface area (Å²) in [6.45, 7) is 3.37. The van der Waals surface area contributed by atoms with Crippen LogP contribution in [0.15, 0.2) is 0 Å². The molecule has 0 radical (unpaired) electrons. The molecule has 2 saturated heterocycles. The smallest absolute Gasteiger partial charge is 0.410 e. The highest BCUT2D eigenvalue weighted by molar-refractivity contribution is 7.85. The molecule has 1 unspecified atom stereocenters. The topological polar surface area (TPSA) is 76.2 Å². The van der Waals surface area contributed by atoms with Crippen molar-refractivity contribution in [3.05, 3.63) is 0 Å². The minimum atomic E-state index is -3.51. The maximum absolute atomic E-state index is 11.9. The van der Waals surface area contributed by atoms with Crippen molar-refractivity contribution in [2.45, 2.75) is 63.5 Å². The molecule has 8 heteroatoms. The van der Waals surface area contributed by atoms with E-state index >= 15 is 0 Å². The second-order valence-electron chi connectivity index (χ2n) is 8.00. The zero-order valence-electron chi connectivity index (χ0n) is 15.8. The summed E-state index contributed by atoms with van der Waals surface area (Å²) in [5.74, 6) is 0.661. The molecule has 2 heterocycles. The molecule has 0 bridgehead atoms. The van der Waals surface area contributed by atoms with Crippen molar-refractivity contribution in [1.29, 1.82) is 0 Å². The number of amides is 1. The molecule has 0 aromatic carbocycles. The molecule has 0 spiro atoms. The van der Waals surface area contributed by atoms with Crippen molar-refractivity contribution in [1.82, 2.24) is 9.80 Å². The molecule has 0 aromatic rings. The minimum Gasteiger partial charge on any atom is -0.442 e. The van der Waals surface area contributed by atoms with Gasteiger partial charge in [0.1, 0.15) is 12.7 Å². The quantitative estimate of drug-likeness (QED) is 0.623. The van der Waals surface area contributed by atoms with Crippen LogP contribution in [0.5, 0.6) is 0 Å². The molecule has 1 atom stereocenters. The summed E-state index contributed by atoms with van der Waals surface area (Å²) < 4.78 is 32.0. The van der Waals surface area contributed by atoms with Gasteiger partial charge in [-0.1, -0.05) is 19.3 Å². The molecule has 3 aliphatic rings. The first-order valence-corrected chi connectivity index (χ1v) is 11.8. The predicted molar refractivity (Wildman–Crippen MR) is 98.4 cm³/mol. The highest BCUT2D eigenvalue weighted by atomic mass is 32.2. The van der Waals surface area contributed by atoms with E-state index in [2.05, 4.69) is 4.90 Å². The van der Waals surface area contributed by atoms with Crippen LogP contribution in [0.2, 0.25) is 0 Å². The lowest BCUT2D eigenvalue weighted by Gasteiger charge is -2.39. The second kappa shape index (κ2) is 8.89. The molecule has 3 fully saturated rings. The molecule has 2 aliphatic heterocycles. The maximum atomic E-state index is 11.9. The van der Waals surface area contributed by atoms with Crippen LogP contribution >= 0.6 is 0 Å². The number of cyclic esters (lactones) is 1. The van der Waals surface area contributed by atoms with Crippen molar-refractivity contribution in [3.63, 3.8) is 0 Å². The lowest BCUT2D eigenvalue weighted by molar-refractivity contribution is 0.0990. The summed E-state index contributed by atoms with van der Waals surface area (Å²) in [5, 5.41) is 0. The molecule has 7 nitrogen and oxygen atoms in total. The Kier molecular flexibility index (Phi) is 6.80. The highest BCUT2D eigenvalue weighted by Gasteiger charge is 2.33. The fraction of sp³-hybridized carbons (Fsp3) is 0.944. The largest absolute Gasteiger partial charge is 0.442 e. The van der Waals surface area contributed by atoms with Crippen LogP contribution < -0.4 is 0 Å². The number of carbonyl (C=O) groups excluding carboxylic acids is 1. The number of carbonyl (C=O) groups is 1. The van der Waals surface area contributed by atoms with Crippen LogP contribution in [0.4, 0.5) is 4.79 Å². The average molecular weight is 389 g/mol. The Balaban J connectivity index is 1.35. The Morgan fingerprint density at radius 2 is 1.81 bits per heavy atom. The molecule has 1 amide bonds. The summed E-state index contributed by atoms with van der Waals surface area (Å²) in [4.78, 5) is 16.3. The summed E-state index contributed by atoms with van der Waals surface area (Å²) in [5.41, 5.74) is 0. The van der Waals surface area contributed by atoms with E-state index in [9.17, 15) is 13.2 Å². The van der Waals surface area contributed by atoms with E-state index < -0.39 is 16.2 Å². The second-order valence-corrected chi connectivity index (χ2v) is 9.64. The van der Waals surface area contributed by atoms with E-state index in [4.69, 9.17) is 8.92 Å². The van der Waals surface area contributed by atoms with Crippen LogP contribution in [0.25, 0.3) is 0 Å². The van der Waals surface area contributed by atoms with E-state index in [1.807, 2.05) is 0 Å². The van der Waals surface area contributed by atoms with E-state index in [0.29, 0.717) is 19.0 Å². The van der Waals surface area contributed by atoms with Crippen LogP contribution in [0, 0.1) is 5.92 Å². The Bertz CT molecular complexity index is 568. The number of rotatable bonds is 7. The van der Waals surface area contributed by atoms with Gasteiger partial charge in [0.2, 0.25) is 0 Å². The van der Waals surface area contributed by atoms with Crippen molar-refractivity contribution in [3.8, 4) is 0 Å². The van der Waals surface area contributed by atoms with Crippen LogP contribution in [-0.4, -0.2) is 75.5 Å². The average Bonchev–Trinajstić information content (AvgIpc) is 2.99. The molecule has 26 heavy (non-hydrogen) atoms. The van der Waals surface area contributed by atoms with Gasteiger partial charge in [-0.2, -0.15) is 8.42 Å². The summed E-state index contributed by atoms with van der Waals surface area (Å²) >= 11 is 0. The van der Waals surface area contributed by atoms with Crippen LogP contribution in [-0.2, 0) is 19.0 Å².